The van der Waals surface area contributed by atoms with E-state index in [2.05, 4.69) is 16.4 Å². The molecule has 0 unspecified atom stereocenters. The summed E-state index contributed by atoms with van der Waals surface area (Å²) in [5, 5.41) is 14.1. The average Bonchev–Trinajstić information content (AvgIpc) is 3.04. The number of hydrogen-bond donors (Lipinski definition) is 2. The van der Waals surface area contributed by atoms with Crippen molar-refractivity contribution >= 4 is 33.0 Å². The van der Waals surface area contributed by atoms with Crippen molar-refractivity contribution in [2.75, 3.05) is 7.11 Å². The van der Waals surface area contributed by atoms with E-state index in [1.54, 1.807) is 19.2 Å². The highest BCUT2D eigenvalue weighted by molar-refractivity contribution is 7.89. The lowest BCUT2D eigenvalue weighted by molar-refractivity contribution is 0.415. The molecular formula is C24H26ClN5O3S. The first-order chi connectivity index (χ1) is 16.2. The van der Waals surface area contributed by atoms with Gasteiger partial charge in [0, 0.05) is 6.54 Å². The summed E-state index contributed by atoms with van der Waals surface area (Å²) >= 11 is 6.35. The summed E-state index contributed by atoms with van der Waals surface area (Å²) in [7, 11) is -2.13. The summed E-state index contributed by atoms with van der Waals surface area (Å²) in [4.78, 5) is 4.73. The third kappa shape index (κ3) is 5.01. The standard InChI is InChI=1S/C24H26ClN5O3S/c1-15-24-22(27-14-17-7-10-19(11-8-17)34(26,31)32)6-4-5-21(29-30(24)16(2)28-15)18-9-12-23(33-3)20(25)13-18/h6-13,27H,4-5,14H2,1-3H3,(H2,26,31,32)/b22-6+,29-21+. The topological polar surface area (TPSA) is 112 Å². The number of ether oxygens (including phenoxy) is 1. The van der Waals surface area contributed by atoms with Gasteiger partial charge in [0.1, 0.15) is 17.3 Å². The Hall–Kier alpha value is -3.14. The molecule has 178 valence electrons. The first-order valence-corrected chi connectivity index (χ1v) is 12.6. The van der Waals surface area contributed by atoms with Crippen LogP contribution in [0.15, 0.2) is 58.5 Å². The van der Waals surface area contributed by atoms with Crippen molar-refractivity contribution in [3.63, 3.8) is 0 Å². The van der Waals surface area contributed by atoms with Crippen LogP contribution >= 0.6 is 11.6 Å². The van der Waals surface area contributed by atoms with E-state index in [4.69, 9.17) is 26.6 Å². The van der Waals surface area contributed by atoms with Gasteiger partial charge in [0.05, 0.1) is 34.1 Å². The molecule has 34 heavy (non-hydrogen) atoms. The predicted octanol–water partition coefficient (Wildman–Crippen LogP) is 3.99. The molecule has 1 aromatic heterocycles. The Morgan fingerprint density at radius 1 is 1.18 bits per heavy atom. The molecular weight excluding hydrogens is 474 g/mol. The van der Waals surface area contributed by atoms with Crippen molar-refractivity contribution in [1.29, 1.82) is 0 Å². The van der Waals surface area contributed by atoms with Crippen LogP contribution in [0.25, 0.3) is 5.70 Å². The van der Waals surface area contributed by atoms with E-state index >= 15 is 0 Å². The Labute approximate surface area is 204 Å². The number of nitrogens with zero attached hydrogens (tertiary/aromatic N) is 3. The van der Waals surface area contributed by atoms with Gasteiger partial charge in [-0.2, -0.15) is 5.10 Å². The van der Waals surface area contributed by atoms with E-state index < -0.39 is 10.0 Å². The van der Waals surface area contributed by atoms with Crippen LogP contribution in [0.4, 0.5) is 0 Å². The molecule has 4 rings (SSSR count). The van der Waals surface area contributed by atoms with Crippen LogP contribution < -0.4 is 15.2 Å². The van der Waals surface area contributed by atoms with Crippen molar-refractivity contribution in [1.82, 2.24) is 15.0 Å². The van der Waals surface area contributed by atoms with Crippen molar-refractivity contribution < 1.29 is 13.2 Å². The molecule has 2 aromatic carbocycles. The number of sulfonamides is 1. The summed E-state index contributed by atoms with van der Waals surface area (Å²) in [6.45, 7) is 4.38. The molecule has 0 bridgehead atoms. The minimum atomic E-state index is -3.71. The summed E-state index contributed by atoms with van der Waals surface area (Å²) < 4.78 is 30.1. The molecule has 3 aromatic rings. The van der Waals surface area contributed by atoms with Crippen molar-refractivity contribution in [3.8, 4) is 5.75 Å². The monoisotopic (exact) mass is 499 g/mol. The third-order valence-corrected chi connectivity index (χ3v) is 6.84. The SMILES string of the molecule is COc1ccc(/C2=N/n3c(C)nc(C)c3/C(NCc3ccc(S(N)(=O)=O)cc3)=C\CC2)cc1Cl. The number of rotatable bonds is 6. The normalized spacial score (nSPS) is 17.0. The Morgan fingerprint density at radius 3 is 2.56 bits per heavy atom. The van der Waals surface area contributed by atoms with Crippen molar-refractivity contribution in [2.24, 2.45) is 10.2 Å². The van der Waals surface area contributed by atoms with Gasteiger partial charge in [0.15, 0.2) is 0 Å². The summed E-state index contributed by atoms with van der Waals surface area (Å²) in [6.07, 6.45) is 3.62. The maximum Gasteiger partial charge on any atom is 0.238 e. The highest BCUT2D eigenvalue weighted by atomic mass is 35.5. The van der Waals surface area contributed by atoms with Crippen LogP contribution in [0.2, 0.25) is 5.02 Å². The predicted molar refractivity (Wildman–Crippen MR) is 134 cm³/mol. The zero-order chi connectivity index (χ0) is 24.5. The van der Waals surface area contributed by atoms with Gasteiger partial charge >= 0.3 is 0 Å². The molecule has 0 fully saturated rings. The average molecular weight is 500 g/mol. The molecule has 2 heterocycles. The Balaban J connectivity index is 1.63. The first kappa shape index (κ1) is 24.0. The van der Waals surface area contributed by atoms with Gasteiger partial charge in [-0.05, 0) is 68.1 Å². The minimum absolute atomic E-state index is 0.0893. The van der Waals surface area contributed by atoms with E-state index in [-0.39, 0.29) is 4.90 Å². The lowest BCUT2D eigenvalue weighted by Gasteiger charge is -2.18. The van der Waals surface area contributed by atoms with Gasteiger partial charge < -0.3 is 10.1 Å². The number of allylic oxidation sites excluding steroid dienone is 1. The summed E-state index contributed by atoms with van der Waals surface area (Å²) in [5.41, 5.74) is 5.42. The lowest BCUT2D eigenvalue weighted by atomic mass is 10.0. The molecule has 10 heteroatoms. The molecule has 0 atom stereocenters. The molecule has 1 aliphatic heterocycles. The Morgan fingerprint density at radius 2 is 1.91 bits per heavy atom. The number of nitrogens with two attached hydrogens (primary N) is 1. The van der Waals surface area contributed by atoms with Crippen LogP contribution in [0.5, 0.6) is 5.75 Å². The second-order valence-electron chi connectivity index (χ2n) is 8.00. The first-order valence-electron chi connectivity index (χ1n) is 10.7. The molecule has 0 amide bonds. The largest absolute Gasteiger partial charge is 0.495 e. The number of benzene rings is 2. The van der Waals surface area contributed by atoms with E-state index in [0.29, 0.717) is 23.7 Å². The fourth-order valence-electron chi connectivity index (χ4n) is 3.91. The zero-order valence-electron chi connectivity index (χ0n) is 19.2. The number of aryl methyl sites for hydroxylation is 2. The maximum absolute atomic E-state index is 11.5. The Bertz CT molecular complexity index is 1390. The van der Waals surface area contributed by atoms with Crippen LogP contribution in [0, 0.1) is 13.8 Å². The fourth-order valence-corrected chi connectivity index (χ4v) is 4.68. The Kier molecular flexibility index (Phi) is 6.79. The smallest absolute Gasteiger partial charge is 0.238 e. The number of fused-ring (bicyclic) bond motifs is 1. The minimum Gasteiger partial charge on any atom is -0.495 e. The van der Waals surface area contributed by atoms with E-state index in [1.807, 2.05) is 36.7 Å². The van der Waals surface area contributed by atoms with E-state index in [1.165, 1.54) is 12.1 Å². The second kappa shape index (κ2) is 9.61. The van der Waals surface area contributed by atoms with Gasteiger partial charge in [-0.15, -0.1) is 0 Å². The highest BCUT2D eigenvalue weighted by Gasteiger charge is 2.19. The van der Waals surface area contributed by atoms with Crippen LogP contribution in [-0.2, 0) is 16.6 Å². The number of methoxy groups -OCH3 is 1. The number of imidazole rings is 1. The van der Waals surface area contributed by atoms with E-state index in [9.17, 15) is 8.42 Å². The number of aromatic nitrogens is 2. The zero-order valence-corrected chi connectivity index (χ0v) is 20.7. The summed E-state index contributed by atoms with van der Waals surface area (Å²) in [5.74, 6) is 1.40. The number of halogens is 1. The molecule has 0 spiro atoms. The van der Waals surface area contributed by atoms with E-state index in [0.717, 1.165) is 46.2 Å². The van der Waals surface area contributed by atoms with Gasteiger partial charge in [0.25, 0.3) is 0 Å². The number of primary sulfonamides is 1. The quantitative estimate of drug-likeness (QED) is 0.532. The molecule has 0 saturated carbocycles. The molecule has 0 aliphatic carbocycles. The van der Waals surface area contributed by atoms with Crippen LogP contribution in [0.3, 0.4) is 0 Å². The molecule has 1 aliphatic rings. The maximum atomic E-state index is 11.5. The van der Waals surface area contributed by atoms with Crippen LogP contribution in [0.1, 0.15) is 41.2 Å². The van der Waals surface area contributed by atoms with Crippen LogP contribution in [-0.4, -0.2) is 30.9 Å². The van der Waals surface area contributed by atoms with Crippen molar-refractivity contribution in [2.45, 2.75) is 38.1 Å². The molecule has 0 radical (unpaired) electrons. The molecule has 0 saturated heterocycles. The van der Waals surface area contributed by atoms with Gasteiger partial charge in [-0.25, -0.2) is 23.2 Å². The van der Waals surface area contributed by atoms with Gasteiger partial charge in [0.2, 0.25) is 10.0 Å². The summed E-state index contributed by atoms with van der Waals surface area (Å²) in [6, 6.07) is 12.2. The van der Waals surface area contributed by atoms with Gasteiger partial charge in [-0.3, -0.25) is 0 Å². The molecule has 8 nitrogen and oxygen atoms in total. The fraction of sp³-hybridized carbons (Fsp3) is 0.250. The van der Waals surface area contributed by atoms with Gasteiger partial charge in [-0.1, -0.05) is 29.8 Å². The number of hydrogen-bond acceptors (Lipinski definition) is 6. The number of nitrogens with one attached hydrogen (secondary N) is 1. The lowest BCUT2D eigenvalue weighted by Crippen LogP contribution is -2.18. The highest BCUT2D eigenvalue weighted by Crippen LogP contribution is 2.28. The second-order valence-corrected chi connectivity index (χ2v) is 9.97. The molecule has 3 N–H and O–H groups in total. The third-order valence-electron chi connectivity index (χ3n) is 5.62. The van der Waals surface area contributed by atoms with Crippen molar-refractivity contribution in [3.05, 3.63) is 81.9 Å².